The summed E-state index contributed by atoms with van der Waals surface area (Å²) in [6, 6.07) is 1.54. The highest BCUT2D eigenvalue weighted by molar-refractivity contribution is 6.55. The molecule has 0 atom stereocenters. The van der Waals surface area contributed by atoms with Crippen molar-refractivity contribution in [3.63, 3.8) is 0 Å². The molecule has 0 unspecified atom stereocenters. The Balaban J connectivity index is 0. The molecule has 0 bridgehead atoms. The summed E-state index contributed by atoms with van der Waals surface area (Å²) in [6.45, 7) is 10.2. The van der Waals surface area contributed by atoms with E-state index in [0.29, 0.717) is 0 Å². The van der Waals surface area contributed by atoms with Gasteiger partial charge in [-0.2, -0.15) is 0 Å². The van der Waals surface area contributed by atoms with Gasteiger partial charge >= 0.3 is 0 Å². The third-order valence-corrected chi connectivity index (χ3v) is 2.90. The molecule has 1 amide bonds. The molecule has 0 aromatic heterocycles. The second-order valence-corrected chi connectivity index (χ2v) is 6.51. The number of nitrogens with two attached hydrogens (primary N) is 1. The fourth-order valence-corrected chi connectivity index (χ4v) is 1.84. The van der Waals surface area contributed by atoms with Gasteiger partial charge in [0, 0.05) is 8.80 Å². The maximum absolute atomic E-state index is 9.47. The molecule has 0 fully saturated rings. The molecule has 0 aromatic rings. The summed E-state index contributed by atoms with van der Waals surface area (Å²) in [5.41, 5.74) is 4.53. The molecule has 0 aliphatic carbocycles. The minimum Gasteiger partial charge on any atom is -0.366 e. The molecular weight excluding hydrogens is 166 g/mol. The Labute approximate surface area is 77.5 Å². The first-order valence-electron chi connectivity index (χ1n) is 4.46. The van der Waals surface area contributed by atoms with E-state index in [0.717, 1.165) is 6.08 Å². The van der Waals surface area contributed by atoms with E-state index >= 15 is 0 Å². The predicted octanol–water partition coefficient (Wildman–Crippen LogP) is 1.93. The molecule has 0 saturated carbocycles. The van der Waals surface area contributed by atoms with Crippen LogP contribution in [0.15, 0.2) is 12.7 Å². The molecule has 0 rings (SSSR count). The van der Waals surface area contributed by atoms with Gasteiger partial charge in [0.05, 0.1) is 0 Å². The van der Waals surface area contributed by atoms with Crippen molar-refractivity contribution < 1.29 is 4.79 Å². The van der Waals surface area contributed by atoms with E-state index in [4.69, 9.17) is 0 Å². The number of amides is 1. The topological polar surface area (TPSA) is 43.1 Å². The molecule has 3 heteroatoms. The first-order valence-corrected chi connectivity index (χ1v) is 7.59. The number of unbranched alkanes of at least 4 members (excludes halogenated alkanes) is 1. The molecular formula is C9H21NOSi. The normalized spacial score (nSPS) is 8.67. The fraction of sp³-hybridized carbons (Fsp3) is 0.667. The second-order valence-electron chi connectivity index (χ2n) is 3.14. The van der Waals surface area contributed by atoms with Crippen LogP contribution in [0.1, 0.15) is 19.8 Å². The largest absolute Gasteiger partial charge is 0.366 e. The van der Waals surface area contributed by atoms with Crippen LogP contribution < -0.4 is 5.73 Å². The van der Waals surface area contributed by atoms with Crippen molar-refractivity contribution in [1.82, 2.24) is 0 Å². The van der Waals surface area contributed by atoms with Gasteiger partial charge in [-0.1, -0.05) is 45.5 Å². The third-order valence-electron chi connectivity index (χ3n) is 1.34. The van der Waals surface area contributed by atoms with Crippen LogP contribution in [0.3, 0.4) is 0 Å². The smallest absolute Gasteiger partial charge is 0.240 e. The van der Waals surface area contributed by atoms with E-state index in [9.17, 15) is 4.79 Å². The first-order chi connectivity index (χ1) is 5.54. The molecule has 72 valence electrons. The second kappa shape index (κ2) is 10.4. The summed E-state index contributed by atoms with van der Waals surface area (Å²) >= 11 is 0. The van der Waals surface area contributed by atoms with Gasteiger partial charge in [0.1, 0.15) is 0 Å². The van der Waals surface area contributed by atoms with Gasteiger partial charge in [0.2, 0.25) is 5.91 Å². The Hall–Kier alpha value is -0.573. The average Bonchev–Trinajstić information content (AvgIpc) is 2.02. The van der Waals surface area contributed by atoms with E-state index in [1.807, 2.05) is 0 Å². The van der Waals surface area contributed by atoms with E-state index in [-0.39, 0.29) is 8.80 Å². The van der Waals surface area contributed by atoms with Crippen LogP contribution in [0.25, 0.3) is 0 Å². The summed E-state index contributed by atoms with van der Waals surface area (Å²) in [5.74, 6) is -0.481. The molecule has 0 saturated heterocycles. The molecule has 2 N–H and O–H groups in total. The highest BCUT2D eigenvalue weighted by atomic mass is 28.3. The molecule has 0 radical (unpaired) electrons. The molecule has 2 nitrogen and oxygen atoms in total. The van der Waals surface area contributed by atoms with Gasteiger partial charge in [0.25, 0.3) is 0 Å². The third kappa shape index (κ3) is 22.7. The van der Waals surface area contributed by atoms with Gasteiger partial charge in [-0.3, -0.25) is 4.79 Å². The average molecular weight is 187 g/mol. The minimum absolute atomic E-state index is 0.188. The first kappa shape index (κ1) is 14.0. The van der Waals surface area contributed by atoms with E-state index in [2.05, 4.69) is 32.3 Å². The SMILES string of the molecule is C=CC(N)=O.CCCC[SiH](C)C. The van der Waals surface area contributed by atoms with Crippen molar-refractivity contribution in [2.45, 2.75) is 38.9 Å². The maximum Gasteiger partial charge on any atom is 0.240 e. The number of hydrogen-bond acceptors (Lipinski definition) is 1. The number of hydrogen-bond donors (Lipinski definition) is 1. The van der Waals surface area contributed by atoms with Crippen LogP contribution in [-0.2, 0) is 4.79 Å². The monoisotopic (exact) mass is 187 g/mol. The van der Waals surface area contributed by atoms with Gasteiger partial charge in [-0.25, -0.2) is 0 Å². The van der Waals surface area contributed by atoms with Gasteiger partial charge in [0.15, 0.2) is 0 Å². The Kier molecular flexibility index (Phi) is 12.1. The van der Waals surface area contributed by atoms with Crippen molar-refractivity contribution in [1.29, 1.82) is 0 Å². The summed E-state index contributed by atoms with van der Waals surface area (Å²) in [4.78, 5) is 9.47. The van der Waals surface area contributed by atoms with E-state index < -0.39 is 5.91 Å². The van der Waals surface area contributed by atoms with Crippen LogP contribution in [0.2, 0.25) is 19.1 Å². The highest BCUT2D eigenvalue weighted by Crippen LogP contribution is 1.98. The fourth-order valence-electron chi connectivity index (χ4n) is 0.612. The number of carbonyl (C=O) groups excluding carboxylic acids is 1. The summed E-state index contributed by atoms with van der Waals surface area (Å²) in [7, 11) is -0.188. The molecule has 0 aliphatic heterocycles. The van der Waals surface area contributed by atoms with Crippen molar-refractivity contribution in [2.24, 2.45) is 5.73 Å². The molecule has 0 aromatic carbocycles. The lowest BCUT2D eigenvalue weighted by atomic mass is 10.4. The Bertz CT molecular complexity index is 124. The minimum atomic E-state index is -0.481. The zero-order valence-corrected chi connectivity index (χ0v) is 9.62. The van der Waals surface area contributed by atoms with Crippen molar-refractivity contribution in [3.05, 3.63) is 12.7 Å². The predicted molar refractivity (Wildman–Crippen MR) is 58.0 cm³/mol. The zero-order chi connectivity index (χ0) is 9.98. The Morgan fingerprint density at radius 1 is 1.58 bits per heavy atom. The van der Waals surface area contributed by atoms with E-state index in [1.54, 1.807) is 0 Å². The van der Waals surface area contributed by atoms with Crippen LogP contribution in [0, 0.1) is 0 Å². The number of rotatable bonds is 4. The van der Waals surface area contributed by atoms with Crippen LogP contribution >= 0.6 is 0 Å². The highest BCUT2D eigenvalue weighted by Gasteiger charge is 1.90. The van der Waals surface area contributed by atoms with Crippen molar-refractivity contribution in [2.75, 3.05) is 0 Å². The van der Waals surface area contributed by atoms with Crippen LogP contribution in [0.4, 0.5) is 0 Å². The quantitative estimate of drug-likeness (QED) is 0.530. The molecule has 0 heterocycles. The van der Waals surface area contributed by atoms with Gasteiger partial charge in [-0.05, 0) is 6.08 Å². The summed E-state index contributed by atoms with van der Waals surface area (Å²) < 4.78 is 0. The molecule has 0 aliphatic rings. The van der Waals surface area contributed by atoms with Crippen LogP contribution in [0.5, 0.6) is 0 Å². The molecule has 0 spiro atoms. The van der Waals surface area contributed by atoms with Gasteiger partial charge in [-0.15, -0.1) is 0 Å². The zero-order valence-electron chi connectivity index (χ0n) is 8.47. The molecule has 12 heavy (non-hydrogen) atoms. The lowest BCUT2D eigenvalue weighted by molar-refractivity contribution is -0.113. The number of primary amides is 1. The van der Waals surface area contributed by atoms with E-state index in [1.165, 1.54) is 18.9 Å². The summed E-state index contributed by atoms with van der Waals surface area (Å²) in [6.07, 6.45) is 3.90. The van der Waals surface area contributed by atoms with Gasteiger partial charge < -0.3 is 5.73 Å². The lowest BCUT2D eigenvalue weighted by Gasteiger charge is -1.97. The summed E-state index contributed by atoms with van der Waals surface area (Å²) in [5, 5.41) is 0. The maximum atomic E-state index is 9.47. The Morgan fingerprint density at radius 3 is 2.08 bits per heavy atom. The number of carbonyl (C=O) groups is 1. The van der Waals surface area contributed by atoms with Crippen LogP contribution in [-0.4, -0.2) is 14.7 Å². The Morgan fingerprint density at radius 2 is 2.00 bits per heavy atom. The lowest BCUT2D eigenvalue weighted by Crippen LogP contribution is -2.04. The van der Waals surface area contributed by atoms with Crippen molar-refractivity contribution in [3.8, 4) is 0 Å². The van der Waals surface area contributed by atoms with Crippen molar-refractivity contribution >= 4 is 14.7 Å². The standard InChI is InChI=1S/C6H16Si.C3H5NO/c1-4-5-6-7(2)3;1-2-3(4)5/h7H,4-6H2,1-3H3;2H,1H2,(H2,4,5).